The molecule has 1 rings (SSSR count). The van der Waals surface area contributed by atoms with Crippen LogP contribution in [0.25, 0.3) is 0 Å². The number of hydrogen-bond acceptors (Lipinski definition) is 2. The molecule has 0 aromatic rings. The van der Waals surface area contributed by atoms with Crippen molar-refractivity contribution in [1.29, 1.82) is 0 Å². The van der Waals surface area contributed by atoms with E-state index in [1.54, 1.807) is 0 Å². The molecular weight excluding hydrogens is 152 g/mol. The molecule has 0 spiro atoms. The standard InChI is InChI=1S/C10H20O2/c1-3-9(11)8-5-4-7(2)6-10(8)12/h7-12H,3-6H2,1-2H3. The molecule has 0 aromatic heterocycles. The molecule has 0 saturated heterocycles. The summed E-state index contributed by atoms with van der Waals surface area (Å²) in [5.41, 5.74) is 0. The normalized spacial score (nSPS) is 39.5. The van der Waals surface area contributed by atoms with E-state index in [9.17, 15) is 10.2 Å². The molecule has 4 atom stereocenters. The molecule has 1 saturated carbocycles. The third-order valence-electron chi connectivity index (χ3n) is 3.04. The Morgan fingerprint density at radius 1 is 1.42 bits per heavy atom. The molecule has 1 aliphatic rings. The van der Waals surface area contributed by atoms with Gasteiger partial charge in [0.05, 0.1) is 12.2 Å². The molecule has 2 nitrogen and oxygen atoms in total. The second-order valence-corrected chi connectivity index (χ2v) is 4.13. The van der Waals surface area contributed by atoms with Gasteiger partial charge in [0.1, 0.15) is 0 Å². The van der Waals surface area contributed by atoms with Crippen LogP contribution in [0.3, 0.4) is 0 Å². The molecule has 0 aliphatic heterocycles. The van der Waals surface area contributed by atoms with Gasteiger partial charge in [-0.3, -0.25) is 0 Å². The summed E-state index contributed by atoms with van der Waals surface area (Å²) in [4.78, 5) is 0. The van der Waals surface area contributed by atoms with Gasteiger partial charge in [0, 0.05) is 5.92 Å². The van der Waals surface area contributed by atoms with Crippen molar-refractivity contribution in [3.63, 3.8) is 0 Å². The molecular formula is C10H20O2. The van der Waals surface area contributed by atoms with Crippen molar-refractivity contribution in [3.05, 3.63) is 0 Å². The summed E-state index contributed by atoms with van der Waals surface area (Å²) in [5.74, 6) is 0.756. The lowest BCUT2D eigenvalue weighted by molar-refractivity contribution is -0.0255. The lowest BCUT2D eigenvalue weighted by atomic mass is 9.77. The van der Waals surface area contributed by atoms with Crippen LogP contribution in [0.1, 0.15) is 39.5 Å². The van der Waals surface area contributed by atoms with Crippen LogP contribution in [0.15, 0.2) is 0 Å². The topological polar surface area (TPSA) is 40.5 Å². The Morgan fingerprint density at radius 3 is 2.58 bits per heavy atom. The first-order chi connectivity index (χ1) is 5.65. The highest BCUT2D eigenvalue weighted by Crippen LogP contribution is 2.31. The lowest BCUT2D eigenvalue weighted by Gasteiger charge is -2.34. The Labute approximate surface area is 74.6 Å². The minimum atomic E-state index is -0.299. The molecule has 0 amide bonds. The fraction of sp³-hybridized carbons (Fsp3) is 1.00. The molecule has 4 unspecified atom stereocenters. The third-order valence-corrected chi connectivity index (χ3v) is 3.04. The zero-order chi connectivity index (χ0) is 9.14. The summed E-state index contributed by atoms with van der Waals surface area (Å²) in [5, 5.41) is 19.3. The second kappa shape index (κ2) is 4.24. The molecule has 2 heteroatoms. The van der Waals surface area contributed by atoms with E-state index in [4.69, 9.17) is 0 Å². The number of aliphatic hydroxyl groups excluding tert-OH is 2. The van der Waals surface area contributed by atoms with Crippen molar-refractivity contribution in [2.45, 2.75) is 51.7 Å². The summed E-state index contributed by atoms with van der Waals surface area (Å²) in [7, 11) is 0. The highest BCUT2D eigenvalue weighted by atomic mass is 16.3. The second-order valence-electron chi connectivity index (χ2n) is 4.13. The van der Waals surface area contributed by atoms with Crippen LogP contribution in [0.4, 0.5) is 0 Å². The molecule has 0 aromatic carbocycles. The summed E-state index contributed by atoms with van der Waals surface area (Å²) < 4.78 is 0. The smallest absolute Gasteiger partial charge is 0.0595 e. The summed E-state index contributed by atoms with van der Waals surface area (Å²) >= 11 is 0. The van der Waals surface area contributed by atoms with E-state index >= 15 is 0 Å². The average Bonchev–Trinajstić information content (AvgIpc) is 2.03. The molecule has 12 heavy (non-hydrogen) atoms. The highest BCUT2D eigenvalue weighted by Gasteiger charge is 2.30. The van der Waals surface area contributed by atoms with Crippen LogP contribution < -0.4 is 0 Å². The maximum Gasteiger partial charge on any atom is 0.0595 e. The van der Waals surface area contributed by atoms with Crippen molar-refractivity contribution in [2.75, 3.05) is 0 Å². The molecule has 2 N–H and O–H groups in total. The molecule has 0 radical (unpaired) electrons. The molecule has 1 aliphatic carbocycles. The Balaban J connectivity index is 2.44. The van der Waals surface area contributed by atoms with E-state index < -0.39 is 0 Å². The first-order valence-electron chi connectivity index (χ1n) is 5.01. The maximum atomic E-state index is 9.68. The van der Waals surface area contributed by atoms with E-state index in [-0.39, 0.29) is 18.1 Å². The van der Waals surface area contributed by atoms with E-state index in [0.717, 1.165) is 25.7 Å². The van der Waals surface area contributed by atoms with Gasteiger partial charge < -0.3 is 10.2 Å². The van der Waals surface area contributed by atoms with Crippen molar-refractivity contribution in [2.24, 2.45) is 11.8 Å². The average molecular weight is 172 g/mol. The highest BCUT2D eigenvalue weighted by molar-refractivity contribution is 4.82. The molecule has 0 heterocycles. The van der Waals surface area contributed by atoms with Crippen molar-refractivity contribution >= 4 is 0 Å². The van der Waals surface area contributed by atoms with E-state index in [1.165, 1.54) is 0 Å². The Kier molecular flexibility index (Phi) is 3.53. The van der Waals surface area contributed by atoms with Gasteiger partial charge in [-0.2, -0.15) is 0 Å². The zero-order valence-electron chi connectivity index (χ0n) is 8.03. The van der Waals surface area contributed by atoms with Gasteiger partial charge in [0.15, 0.2) is 0 Å². The molecule has 1 fully saturated rings. The number of rotatable bonds is 2. The van der Waals surface area contributed by atoms with E-state index in [2.05, 4.69) is 6.92 Å². The summed E-state index contributed by atoms with van der Waals surface area (Å²) in [6.45, 7) is 4.13. The van der Waals surface area contributed by atoms with Gasteiger partial charge in [0.25, 0.3) is 0 Å². The predicted molar refractivity (Wildman–Crippen MR) is 48.8 cm³/mol. The molecule has 0 bridgehead atoms. The van der Waals surface area contributed by atoms with Gasteiger partial charge >= 0.3 is 0 Å². The quantitative estimate of drug-likeness (QED) is 0.663. The van der Waals surface area contributed by atoms with Crippen molar-refractivity contribution < 1.29 is 10.2 Å². The van der Waals surface area contributed by atoms with Gasteiger partial charge in [-0.25, -0.2) is 0 Å². The Morgan fingerprint density at radius 2 is 2.08 bits per heavy atom. The van der Waals surface area contributed by atoms with E-state index in [1.807, 2.05) is 6.92 Å². The van der Waals surface area contributed by atoms with Crippen LogP contribution in [-0.4, -0.2) is 22.4 Å². The summed E-state index contributed by atoms with van der Waals surface area (Å²) in [6, 6.07) is 0. The largest absolute Gasteiger partial charge is 0.393 e. The Bertz CT molecular complexity index is 136. The first-order valence-corrected chi connectivity index (χ1v) is 5.01. The minimum absolute atomic E-state index is 0.131. The van der Waals surface area contributed by atoms with Gasteiger partial charge in [-0.15, -0.1) is 0 Å². The van der Waals surface area contributed by atoms with Gasteiger partial charge in [-0.1, -0.05) is 20.3 Å². The number of hydrogen-bond donors (Lipinski definition) is 2. The minimum Gasteiger partial charge on any atom is -0.393 e. The fourth-order valence-electron chi connectivity index (χ4n) is 2.13. The van der Waals surface area contributed by atoms with Crippen molar-refractivity contribution in [3.8, 4) is 0 Å². The molecule has 72 valence electrons. The number of aliphatic hydroxyl groups is 2. The maximum absolute atomic E-state index is 9.68. The Hall–Kier alpha value is -0.0800. The zero-order valence-corrected chi connectivity index (χ0v) is 8.03. The van der Waals surface area contributed by atoms with Crippen LogP contribution in [0.2, 0.25) is 0 Å². The van der Waals surface area contributed by atoms with E-state index in [0.29, 0.717) is 5.92 Å². The fourth-order valence-corrected chi connectivity index (χ4v) is 2.13. The van der Waals surface area contributed by atoms with Crippen LogP contribution in [0.5, 0.6) is 0 Å². The van der Waals surface area contributed by atoms with Crippen LogP contribution in [-0.2, 0) is 0 Å². The predicted octanol–water partition coefficient (Wildman–Crippen LogP) is 1.55. The lowest BCUT2D eigenvalue weighted by Crippen LogP contribution is -2.36. The van der Waals surface area contributed by atoms with Crippen LogP contribution >= 0.6 is 0 Å². The third kappa shape index (κ3) is 2.20. The monoisotopic (exact) mass is 172 g/mol. The SMILES string of the molecule is CCC(O)C1CCC(C)CC1O. The van der Waals surface area contributed by atoms with Gasteiger partial charge in [-0.05, 0) is 25.2 Å². The van der Waals surface area contributed by atoms with Gasteiger partial charge in [0.2, 0.25) is 0 Å². The first kappa shape index (κ1) is 10.0. The van der Waals surface area contributed by atoms with Crippen LogP contribution in [0, 0.1) is 11.8 Å². The van der Waals surface area contributed by atoms with Crippen molar-refractivity contribution in [1.82, 2.24) is 0 Å². The summed E-state index contributed by atoms with van der Waals surface area (Å²) in [6.07, 6.45) is 3.18.